The molecule has 0 unspecified atom stereocenters. The highest BCUT2D eigenvalue weighted by Crippen LogP contribution is 2.44. The molecule has 1 fully saturated rings. The number of nitrogens with zero attached hydrogens (tertiary/aromatic N) is 4. The highest BCUT2D eigenvalue weighted by Gasteiger charge is 2.40. The molecule has 9 rings (SSSR count). The van der Waals surface area contributed by atoms with Crippen LogP contribution in [0.25, 0.3) is 22.1 Å². The number of fused-ring (bicyclic) bond motifs is 2. The Labute approximate surface area is 456 Å². The number of halogens is 6. The van der Waals surface area contributed by atoms with E-state index in [-0.39, 0.29) is 47.0 Å². The maximum atomic E-state index is 13.6. The molecule has 0 aliphatic heterocycles. The van der Waals surface area contributed by atoms with E-state index in [0.717, 1.165) is 106 Å². The van der Waals surface area contributed by atoms with Gasteiger partial charge < -0.3 is 9.47 Å². The summed E-state index contributed by atoms with van der Waals surface area (Å²) in [4.78, 5) is 0. The molecule has 1 saturated carbocycles. The number of imidazole rings is 2. The number of alkyl halides is 6. The van der Waals surface area contributed by atoms with E-state index in [1.54, 1.807) is 0 Å². The fourth-order valence-corrected chi connectivity index (χ4v) is 11.1. The van der Waals surface area contributed by atoms with Crippen LogP contribution in [0.1, 0.15) is 176 Å². The van der Waals surface area contributed by atoms with Crippen LogP contribution in [0.2, 0.25) is 0 Å². The van der Waals surface area contributed by atoms with Gasteiger partial charge in [0.25, 0.3) is 0 Å². The number of aromatic nitrogens is 4. The Morgan fingerprint density at radius 2 is 0.782 bits per heavy atom. The Kier molecular flexibility index (Phi) is 15.1. The first kappa shape index (κ1) is 56.2. The van der Waals surface area contributed by atoms with Crippen LogP contribution in [0.15, 0.2) is 134 Å². The van der Waals surface area contributed by atoms with Crippen molar-refractivity contribution in [3.05, 3.63) is 190 Å². The Morgan fingerprint density at radius 3 is 1.10 bits per heavy atom. The van der Waals surface area contributed by atoms with Gasteiger partial charge >= 0.3 is 12.4 Å². The van der Waals surface area contributed by atoms with Gasteiger partial charge in [0.2, 0.25) is 12.7 Å². The van der Waals surface area contributed by atoms with Gasteiger partial charge in [0, 0.05) is 22.3 Å². The fourth-order valence-electron chi connectivity index (χ4n) is 11.1. The van der Waals surface area contributed by atoms with Gasteiger partial charge in [-0.2, -0.15) is 26.3 Å². The van der Waals surface area contributed by atoms with Crippen molar-refractivity contribution in [2.24, 2.45) is 0 Å². The van der Waals surface area contributed by atoms with Crippen molar-refractivity contribution in [2.45, 2.75) is 181 Å². The van der Waals surface area contributed by atoms with Crippen molar-refractivity contribution in [3.63, 3.8) is 0 Å². The van der Waals surface area contributed by atoms with Gasteiger partial charge in [-0.25, -0.2) is 18.3 Å². The number of hydrogen-bond acceptors (Lipinski definition) is 2. The van der Waals surface area contributed by atoms with E-state index in [1.165, 1.54) is 35.4 Å². The Hall–Kier alpha value is -6.56. The summed E-state index contributed by atoms with van der Waals surface area (Å²) in [7, 11) is 0. The van der Waals surface area contributed by atoms with Crippen molar-refractivity contribution >= 4 is 22.1 Å². The van der Waals surface area contributed by atoms with E-state index < -0.39 is 23.5 Å². The average molecular weight is 1070 g/mol. The lowest BCUT2D eigenvalue weighted by Crippen LogP contribution is -2.35. The van der Waals surface area contributed by atoms with Crippen LogP contribution >= 0.6 is 0 Å². The first-order valence-corrected chi connectivity index (χ1v) is 27.4. The third-order valence-electron chi connectivity index (χ3n) is 15.6. The van der Waals surface area contributed by atoms with Crippen LogP contribution in [-0.4, -0.2) is 9.13 Å². The molecule has 0 spiro atoms. The number of hydrogen-bond donors (Lipinski definition) is 0. The second-order valence-electron chi connectivity index (χ2n) is 25.7. The summed E-state index contributed by atoms with van der Waals surface area (Å²) in [6.07, 6.45) is -0.212. The largest absolute Gasteiger partial charge is 0.488 e. The minimum atomic E-state index is -4.43. The molecule has 0 amide bonds. The molecule has 0 saturated heterocycles. The van der Waals surface area contributed by atoms with Crippen LogP contribution in [0.3, 0.4) is 0 Å². The van der Waals surface area contributed by atoms with Gasteiger partial charge in [-0.3, -0.25) is 0 Å². The SMILES string of the molecule is CC(C)(C)c1cc(C[n+]2cn([C@@H]3CCCC[C@H]3n3c[n+](Cc4cc(C(C)(C)C)cc(C(C)(C)C)c4OCc4ccc(C(F)(F)F)cc4)c4ccccc43)c3ccccc32)c(OCc2ccc(C(F)(F)F)cc2)c(C(C)(C)C)c1. The van der Waals surface area contributed by atoms with E-state index >= 15 is 0 Å². The van der Waals surface area contributed by atoms with E-state index in [9.17, 15) is 26.3 Å². The summed E-state index contributed by atoms with van der Waals surface area (Å²) in [6.45, 7) is 27.5. The molecule has 2 atom stereocenters. The molecule has 0 N–H and O–H groups in total. The molecule has 1 aliphatic carbocycles. The minimum Gasteiger partial charge on any atom is -0.488 e. The van der Waals surface area contributed by atoms with Gasteiger partial charge in [-0.15, -0.1) is 0 Å². The van der Waals surface area contributed by atoms with E-state index in [0.29, 0.717) is 24.2 Å². The lowest BCUT2D eigenvalue weighted by molar-refractivity contribution is -0.664. The van der Waals surface area contributed by atoms with Crippen molar-refractivity contribution in [1.29, 1.82) is 0 Å². The van der Waals surface area contributed by atoms with E-state index in [1.807, 2.05) is 0 Å². The highest BCUT2D eigenvalue weighted by atomic mass is 19.4. The smallest absolute Gasteiger partial charge is 0.416 e. The molecule has 0 radical (unpaired) electrons. The number of benzene rings is 6. The quantitative estimate of drug-likeness (QED) is 0.0903. The Morgan fingerprint density at radius 1 is 0.436 bits per heavy atom. The summed E-state index contributed by atoms with van der Waals surface area (Å²) in [5.41, 5.74) is 9.76. The minimum absolute atomic E-state index is 0.0925. The Balaban J connectivity index is 1.11. The molecule has 2 aromatic heterocycles. The molecule has 2 heterocycles. The predicted octanol–water partition coefficient (Wildman–Crippen LogP) is 17.0. The van der Waals surface area contributed by atoms with Crippen LogP contribution in [-0.2, 0) is 60.3 Å². The van der Waals surface area contributed by atoms with Gasteiger partial charge in [0.15, 0.2) is 22.1 Å². The predicted molar refractivity (Wildman–Crippen MR) is 298 cm³/mol. The van der Waals surface area contributed by atoms with Gasteiger partial charge in [0.1, 0.15) is 49.9 Å². The molecular weight excluding hydrogens is 995 g/mol. The maximum Gasteiger partial charge on any atom is 0.416 e. The summed E-state index contributed by atoms with van der Waals surface area (Å²) in [5.74, 6) is 1.49. The van der Waals surface area contributed by atoms with Crippen LogP contribution in [0.5, 0.6) is 11.5 Å². The van der Waals surface area contributed by atoms with Crippen LogP contribution in [0.4, 0.5) is 26.3 Å². The number of rotatable bonds is 12. The fraction of sp³-hybridized carbons (Fsp3) is 0.424. The summed E-state index contributed by atoms with van der Waals surface area (Å²) < 4.78 is 105. The summed E-state index contributed by atoms with van der Waals surface area (Å²) in [6, 6.07) is 36.7. The lowest BCUT2D eigenvalue weighted by Gasteiger charge is -2.29. The van der Waals surface area contributed by atoms with Crippen molar-refractivity contribution in [3.8, 4) is 11.5 Å². The molecule has 1 aliphatic rings. The number of ether oxygens (including phenoxy) is 2. The molecule has 8 aromatic rings. The van der Waals surface area contributed by atoms with Gasteiger partial charge in [0.05, 0.1) is 11.1 Å². The molecule has 6 aromatic carbocycles. The Bertz CT molecular complexity index is 3200. The van der Waals surface area contributed by atoms with Crippen molar-refractivity contribution in [1.82, 2.24) is 9.13 Å². The van der Waals surface area contributed by atoms with E-state index in [2.05, 4.69) is 187 Å². The second-order valence-corrected chi connectivity index (χ2v) is 25.7. The highest BCUT2D eigenvalue weighted by molar-refractivity contribution is 5.73. The normalized spacial score (nSPS) is 16.1. The van der Waals surface area contributed by atoms with Crippen LogP contribution in [0, 0.1) is 0 Å². The van der Waals surface area contributed by atoms with Gasteiger partial charge in [-0.05, 0) is 130 Å². The molecule has 78 heavy (non-hydrogen) atoms. The zero-order valence-corrected chi connectivity index (χ0v) is 47.4. The third-order valence-corrected chi connectivity index (χ3v) is 15.6. The topological polar surface area (TPSA) is 36.1 Å². The lowest BCUT2D eigenvalue weighted by atomic mass is 9.79. The number of para-hydroxylation sites is 4. The van der Waals surface area contributed by atoms with Crippen LogP contribution < -0.4 is 18.6 Å². The zero-order chi connectivity index (χ0) is 56.3. The molecule has 6 nitrogen and oxygen atoms in total. The van der Waals surface area contributed by atoms with Crippen molar-refractivity contribution < 1.29 is 45.0 Å². The molecular formula is C66H76F6N4O2+2. The summed E-state index contributed by atoms with van der Waals surface area (Å²) >= 11 is 0. The average Bonchev–Trinajstić information content (AvgIpc) is 4.14. The monoisotopic (exact) mass is 1070 g/mol. The molecule has 412 valence electrons. The third kappa shape index (κ3) is 12.0. The molecule has 12 heteroatoms. The van der Waals surface area contributed by atoms with Crippen molar-refractivity contribution in [2.75, 3.05) is 0 Å². The first-order valence-electron chi connectivity index (χ1n) is 27.4. The van der Waals surface area contributed by atoms with E-state index in [4.69, 9.17) is 9.47 Å². The molecule has 0 bridgehead atoms. The standard InChI is InChI=1S/C66H76F6N4O2/c1-61(2,3)49-33-45(59(51(35-49)63(7,8)9)77-39-43-25-29-47(30-26-43)65(67,68)69)37-73-41-75(55-21-15-13-19-53(55)73)57-23-17-18-24-58(57)76-42-74(54-20-14-16-22-56(54)76)38-46-34-50(62(4,5)6)36-52(64(10,11)12)60(46)78-40-44-27-31-48(32-28-44)66(70,71)72/h13-16,19-22,25-36,41-42,57-58H,17-18,23-24,37-40H2,1-12H3/q+2/t57-,58-/m1/s1. The first-order chi connectivity index (χ1) is 36.4. The van der Waals surface area contributed by atoms with Gasteiger partial charge in [-0.1, -0.05) is 144 Å². The maximum absolute atomic E-state index is 13.6. The zero-order valence-electron chi connectivity index (χ0n) is 47.4. The summed E-state index contributed by atoms with van der Waals surface area (Å²) in [5, 5.41) is 0. The second kappa shape index (κ2) is 20.9.